The molecule has 0 spiro atoms. The average Bonchev–Trinajstić information content (AvgIpc) is 3.66. The second-order valence-corrected chi connectivity index (χ2v) is 14.9. The van der Waals surface area contributed by atoms with Crippen molar-refractivity contribution in [1.29, 1.82) is 0 Å². The normalized spacial score (nSPS) is 13.2. The molecular weight excluding hydrogens is 641 g/mol. The minimum atomic E-state index is -0.0818. The average molecular weight is 677 g/mol. The van der Waals surface area contributed by atoms with E-state index in [1.807, 2.05) is 0 Å². The van der Waals surface area contributed by atoms with Crippen molar-refractivity contribution in [3.05, 3.63) is 193 Å². The molecule has 1 aliphatic carbocycles. The minimum absolute atomic E-state index is 0.0818. The summed E-state index contributed by atoms with van der Waals surface area (Å²) in [5, 5.41) is 10.2. The number of anilines is 3. The van der Waals surface area contributed by atoms with Crippen molar-refractivity contribution in [2.75, 3.05) is 4.90 Å². The van der Waals surface area contributed by atoms with Crippen molar-refractivity contribution in [3.8, 4) is 16.8 Å². The van der Waals surface area contributed by atoms with Gasteiger partial charge >= 0.3 is 0 Å². The van der Waals surface area contributed by atoms with E-state index in [1.54, 1.807) is 0 Å². The molecule has 11 rings (SSSR count). The maximum absolute atomic E-state index is 2.51. The predicted octanol–water partition coefficient (Wildman–Crippen LogP) is 14.0. The van der Waals surface area contributed by atoms with E-state index in [0.717, 1.165) is 17.1 Å². The summed E-state index contributed by atoms with van der Waals surface area (Å²) in [6, 6.07) is 67.1. The van der Waals surface area contributed by atoms with Gasteiger partial charge in [-0.25, -0.2) is 0 Å². The maximum Gasteiger partial charge on any atom is 0.0562 e. The van der Waals surface area contributed by atoms with Gasteiger partial charge in [-0.1, -0.05) is 147 Å². The van der Waals surface area contributed by atoms with Gasteiger partial charge in [-0.05, 0) is 97.5 Å². The molecule has 0 bridgehead atoms. The van der Waals surface area contributed by atoms with E-state index in [2.05, 4.69) is 205 Å². The first kappa shape index (κ1) is 30.0. The molecule has 2 heteroatoms. The van der Waals surface area contributed by atoms with Gasteiger partial charge in [0.05, 0.1) is 16.7 Å². The summed E-state index contributed by atoms with van der Waals surface area (Å²) < 4.78 is 2.51. The first-order chi connectivity index (χ1) is 26.1. The van der Waals surface area contributed by atoms with E-state index < -0.39 is 0 Å². The van der Waals surface area contributed by atoms with Crippen LogP contribution in [0.3, 0.4) is 0 Å². The quantitative estimate of drug-likeness (QED) is 0.168. The summed E-state index contributed by atoms with van der Waals surface area (Å²) in [7, 11) is 0. The molecule has 9 aromatic carbocycles. The Balaban J connectivity index is 1.19. The molecule has 0 atom stereocenters. The zero-order valence-corrected chi connectivity index (χ0v) is 29.7. The van der Waals surface area contributed by atoms with E-state index in [-0.39, 0.29) is 5.41 Å². The van der Waals surface area contributed by atoms with Crippen LogP contribution in [0, 0.1) is 0 Å². The van der Waals surface area contributed by atoms with E-state index >= 15 is 0 Å². The van der Waals surface area contributed by atoms with Gasteiger partial charge in [-0.2, -0.15) is 0 Å². The number of hydrogen-bond acceptors (Lipinski definition) is 1. The van der Waals surface area contributed by atoms with Gasteiger partial charge in [0.25, 0.3) is 0 Å². The van der Waals surface area contributed by atoms with Gasteiger partial charge in [0, 0.05) is 38.8 Å². The Morgan fingerprint density at radius 3 is 1.64 bits per heavy atom. The smallest absolute Gasteiger partial charge is 0.0562 e. The molecule has 0 amide bonds. The van der Waals surface area contributed by atoms with Crippen LogP contribution in [-0.2, 0) is 5.41 Å². The molecule has 250 valence electrons. The van der Waals surface area contributed by atoms with Crippen LogP contribution < -0.4 is 4.90 Å². The van der Waals surface area contributed by atoms with Crippen LogP contribution in [0.4, 0.5) is 17.1 Å². The number of para-hydroxylation sites is 2. The van der Waals surface area contributed by atoms with Crippen molar-refractivity contribution in [3.63, 3.8) is 0 Å². The summed E-state index contributed by atoms with van der Waals surface area (Å²) in [4.78, 5) is 2.42. The fourth-order valence-corrected chi connectivity index (χ4v) is 9.34. The van der Waals surface area contributed by atoms with Crippen molar-refractivity contribution >= 4 is 71.2 Å². The maximum atomic E-state index is 2.51. The minimum Gasteiger partial charge on any atom is -0.310 e. The third-order valence-electron chi connectivity index (χ3n) is 11.7. The van der Waals surface area contributed by atoms with E-state index in [1.165, 1.54) is 82.1 Å². The lowest BCUT2D eigenvalue weighted by atomic mass is 9.82. The molecule has 0 unspecified atom stereocenters. The second kappa shape index (κ2) is 11.2. The topological polar surface area (TPSA) is 8.17 Å². The monoisotopic (exact) mass is 676 g/mol. The molecule has 0 fully saturated rings. The van der Waals surface area contributed by atoms with Crippen LogP contribution in [0.5, 0.6) is 0 Å². The van der Waals surface area contributed by atoms with Crippen LogP contribution in [0.15, 0.2) is 182 Å². The Bertz CT molecular complexity index is 3060. The molecule has 0 N–H and O–H groups in total. The summed E-state index contributed by atoms with van der Waals surface area (Å²) in [6.07, 6.45) is 0. The Morgan fingerprint density at radius 1 is 0.377 bits per heavy atom. The summed E-state index contributed by atoms with van der Waals surface area (Å²) in [5.41, 5.74) is 12.3. The first-order valence-corrected chi connectivity index (χ1v) is 18.5. The van der Waals surface area contributed by atoms with Gasteiger partial charge in [0.15, 0.2) is 0 Å². The third kappa shape index (κ3) is 4.27. The lowest BCUT2D eigenvalue weighted by Crippen LogP contribution is -2.15. The van der Waals surface area contributed by atoms with E-state index in [9.17, 15) is 0 Å². The highest BCUT2D eigenvalue weighted by atomic mass is 15.1. The number of rotatable bonds is 4. The van der Waals surface area contributed by atoms with Crippen LogP contribution in [0.25, 0.3) is 70.9 Å². The highest BCUT2D eigenvalue weighted by molar-refractivity contribution is 6.26. The second-order valence-electron chi connectivity index (χ2n) is 14.9. The zero-order valence-electron chi connectivity index (χ0n) is 29.7. The molecule has 53 heavy (non-hydrogen) atoms. The molecule has 0 aliphatic heterocycles. The largest absolute Gasteiger partial charge is 0.310 e. The number of aromatic nitrogens is 1. The lowest BCUT2D eigenvalue weighted by molar-refractivity contribution is 0.660. The lowest BCUT2D eigenvalue weighted by Gasteiger charge is -2.26. The van der Waals surface area contributed by atoms with Crippen LogP contribution in [-0.4, -0.2) is 4.57 Å². The Kier molecular flexibility index (Phi) is 6.33. The Hall–Kier alpha value is -6.64. The highest BCUT2D eigenvalue weighted by Crippen LogP contribution is 2.52. The first-order valence-electron chi connectivity index (χ1n) is 18.5. The molecule has 1 aliphatic rings. The molecule has 0 saturated carbocycles. The van der Waals surface area contributed by atoms with E-state index in [0.29, 0.717) is 0 Å². The SMILES string of the molecule is CC1(C)c2ccccc2-c2c(-n3c4ccccc4c4ccc(N(c5ccccc5)c5ccc6c7ccccc7c7ccccc7c6c5)cc43)cccc21. The van der Waals surface area contributed by atoms with Crippen molar-refractivity contribution in [1.82, 2.24) is 4.57 Å². The van der Waals surface area contributed by atoms with Gasteiger partial charge in [0.1, 0.15) is 0 Å². The number of hydrogen-bond donors (Lipinski definition) is 0. The van der Waals surface area contributed by atoms with Crippen molar-refractivity contribution < 1.29 is 0 Å². The molecule has 0 radical (unpaired) electrons. The molecular formula is C51H36N2. The number of nitrogens with zero attached hydrogens (tertiary/aromatic N) is 2. The van der Waals surface area contributed by atoms with Crippen LogP contribution in [0.1, 0.15) is 25.0 Å². The van der Waals surface area contributed by atoms with Crippen LogP contribution >= 0.6 is 0 Å². The van der Waals surface area contributed by atoms with Gasteiger partial charge in [0.2, 0.25) is 0 Å². The standard InChI is InChI=1S/C51H36N2/c1-51(2)45-23-12-10-22-43(45)50-46(51)24-14-26-48(50)53-47-25-13-11-21-41(47)42-30-28-35(32-49(42)53)52(33-15-4-3-5-16-33)34-27-29-40-38-19-7-6-17-36(38)37-18-8-9-20-39(37)44(40)31-34/h3-32H,1-2H3. The summed E-state index contributed by atoms with van der Waals surface area (Å²) in [6.45, 7) is 4.72. The van der Waals surface area contributed by atoms with E-state index in [4.69, 9.17) is 0 Å². The molecule has 1 aromatic heterocycles. The highest BCUT2D eigenvalue weighted by Gasteiger charge is 2.37. The summed E-state index contributed by atoms with van der Waals surface area (Å²) >= 11 is 0. The predicted molar refractivity (Wildman–Crippen MR) is 226 cm³/mol. The van der Waals surface area contributed by atoms with Gasteiger partial charge < -0.3 is 9.47 Å². The molecule has 10 aromatic rings. The molecule has 2 nitrogen and oxygen atoms in total. The Morgan fingerprint density at radius 2 is 0.906 bits per heavy atom. The summed E-state index contributed by atoms with van der Waals surface area (Å²) in [5.74, 6) is 0. The van der Waals surface area contributed by atoms with Gasteiger partial charge in [-0.15, -0.1) is 0 Å². The van der Waals surface area contributed by atoms with Crippen molar-refractivity contribution in [2.45, 2.75) is 19.3 Å². The third-order valence-corrected chi connectivity index (χ3v) is 11.7. The fraction of sp³-hybridized carbons (Fsp3) is 0.0588. The van der Waals surface area contributed by atoms with Crippen LogP contribution in [0.2, 0.25) is 0 Å². The fourth-order valence-electron chi connectivity index (χ4n) is 9.34. The van der Waals surface area contributed by atoms with Crippen molar-refractivity contribution in [2.24, 2.45) is 0 Å². The number of fused-ring (bicyclic) bond motifs is 12. The molecule has 0 saturated heterocycles. The van der Waals surface area contributed by atoms with Gasteiger partial charge in [-0.3, -0.25) is 0 Å². The Labute approximate surface area is 308 Å². The number of benzene rings is 9. The molecule has 1 heterocycles. The zero-order chi connectivity index (χ0) is 35.3.